The molecule has 0 atom stereocenters. The minimum absolute atomic E-state index is 0.168. The second kappa shape index (κ2) is 3.78. The van der Waals surface area contributed by atoms with E-state index in [9.17, 15) is 4.39 Å². The lowest BCUT2D eigenvalue weighted by molar-refractivity contribution is 0.321. The van der Waals surface area contributed by atoms with Gasteiger partial charge in [0.15, 0.2) is 0 Å². The molecule has 0 fully saturated rings. The minimum atomic E-state index is -0.366. The summed E-state index contributed by atoms with van der Waals surface area (Å²) in [7, 11) is 0. The first kappa shape index (κ1) is 10.7. The molecular weight excluding hydrogens is 181 g/mol. The van der Waals surface area contributed by atoms with Gasteiger partial charge >= 0.3 is 0 Å². The van der Waals surface area contributed by atoms with Crippen LogP contribution in [0.2, 0.25) is 0 Å². The molecule has 1 rings (SSSR count). The summed E-state index contributed by atoms with van der Waals surface area (Å²) in [5.41, 5.74) is 1.01. The molecule has 3 heteroatoms. The summed E-state index contributed by atoms with van der Waals surface area (Å²) in [6.07, 6.45) is 1.13. The van der Waals surface area contributed by atoms with Gasteiger partial charge in [0.05, 0.1) is 6.21 Å². The molecule has 0 aliphatic heterocycles. The van der Waals surface area contributed by atoms with Crippen molar-refractivity contribution in [2.45, 2.75) is 26.2 Å². The molecule has 0 saturated carbocycles. The quantitative estimate of drug-likeness (QED) is 0.417. The maximum Gasteiger partial charge on any atom is 0.132 e. The Labute approximate surface area is 83.1 Å². The van der Waals surface area contributed by atoms with Crippen molar-refractivity contribution in [3.63, 3.8) is 0 Å². The Morgan fingerprint density at radius 1 is 1.36 bits per heavy atom. The maximum atomic E-state index is 13.4. The van der Waals surface area contributed by atoms with Gasteiger partial charge in [0.1, 0.15) is 5.82 Å². The van der Waals surface area contributed by atoms with E-state index >= 15 is 0 Å². The molecule has 0 amide bonds. The van der Waals surface area contributed by atoms with E-state index in [0.717, 1.165) is 11.8 Å². The molecule has 2 nitrogen and oxygen atoms in total. The highest BCUT2D eigenvalue weighted by atomic mass is 19.1. The van der Waals surface area contributed by atoms with Crippen LogP contribution in [0.25, 0.3) is 0 Å². The van der Waals surface area contributed by atoms with Crippen LogP contribution in [0, 0.1) is 5.82 Å². The largest absolute Gasteiger partial charge is 0.411 e. The SMILES string of the molecule is CC(C)(C)c1cccc(F)c1/C=N/O. The Balaban J connectivity index is 3.36. The van der Waals surface area contributed by atoms with Gasteiger partial charge in [0, 0.05) is 5.56 Å². The van der Waals surface area contributed by atoms with E-state index in [1.54, 1.807) is 6.07 Å². The van der Waals surface area contributed by atoms with Crippen LogP contribution in [0.1, 0.15) is 31.9 Å². The second-order valence-corrected chi connectivity index (χ2v) is 4.20. The summed E-state index contributed by atoms with van der Waals surface area (Å²) in [5, 5.41) is 11.3. The summed E-state index contributed by atoms with van der Waals surface area (Å²) in [4.78, 5) is 0. The minimum Gasteiger partial charge on any atom is -0.411 e. The summed E-state index contributed by atoms with van der Waals surface area (Å²) in [6.45, 7) is 5.95. The van der Waals surface area contributed by atoms with Gasteiger partial charge < -0.3 is 5.21 Å². The van der Waals surface area contributed by atoms with E-state index in [1.165, 1.54) is 6.07 Å². The fourth-order valence-electron chi connectivity index (χ4n) is 1.38. The van der Waals surface area contributed by atoms with Crippen molar-refractivity contribution in [1.82, 2.24) is 0 Å². The summed E-state index contributed by atoms with van der Waals surface area (Å²) >= 11 is 0. The van der Waals surface area contributed by atoms with Crippen molar-refractivity contribution < 1.29 is 9.60 Å². The highest BCUT2D eigenvalue weighted by molar-refractivity contribution is 5.82. The average Bonchev–Trinajstić information content (AvgIpc) is 2.07. The number of benzene rings is 1. The fraction of sp³-hybridized carbons (Fsp3) is 0.364. The van der Waals surface area contributed by atoms with Gasteiger partial charge in [0.2, 0.25) is 0 Å². The van der Waals surface area contributed by atoms with Gasteiger partial charge in [-0.3, -0.25) is 0 Å². The molecule has 0 bridgehead atoms. The monoisotopic (exact) mass is 195 g/mol. The van der Waals surface area contributed by atoms with Crippen molar-refractivity contribution in [3.8, 4) is 0 Å². The van der Waals surface area contributed by atoms with Crippen molar-refractivity contribution in [2.24, 2.45) is 5.16 Å². The molecule has 0 saturated heterocycles. The van der Waals surface area contributed by atoms with Crippen molar-refractivity contribution in [1.29, 1.82) is 0 Å². The highest BCUT2D eigenvalue weighted by Crippen LogP contribution is 2.26. The average molecular weight is 195 g/mol. The first-order valence-corrected chi connectivity index (χ1v) is 4.43. The first-order valence-electron chi connectivity index (χ1n) is 4.43. The predicted molar refractivity (Wildman–Crippen MR) is 54.5 cm³/mol. The van der Waals surface area contributed by atoms with Gasteiger partial charge in [-0.05, 0) is 17.0 Å². The molecule has 1 aromatic carbocycles. The Hall–Kier alpha value is -1.38. The lowest BCUT2D eigenvalue weighted by Gasteiger charge is -2.21. The van der Waals surface area contributed by atoms with E-state index < -0.39 is 0 Å². The van der Waals surface area contributed by atoms with Crippen LogP contribution >= 0.6 is 0 Å². The van der Waals surface area contributed by atoms with Crippen LogP contribution in [0.5, 0.6) is 0 Å². The molecule has 1 N–H and O–H groups in total. The van der Waals surface area contributed by atoms with Gasteiger partial charge in [0.25, 0.3) is 0 Å². The molecule has 0 radical (unpaired) electrons. The molecular formula is C11H14FNO. The van der Waals surface area contributed by atoms with E-state index in [1.807, 2.05) is 26.8 Å². The Kier molecular flexibility index (Phi) is 2.89. The molecule has 0 aliphatic carbocycles. The third-order valence-corrected chi connectivity index (χ3v) is 2.05. The third-order valence-electron chi connectivity index (χ3n) is 2.05. The molecule has 14 heavy (non-hydrogen) atoms. The zero-order valence-corrected chi connectivity index (χ0v) is 8.58. The normalized spacial score (nSPS) is 12.3. The Morgan fingerprint density at radius 2 is 2.00 bits per heavy atom. The molecule has 76 valence electrons. The van der Waals surface area contributed by atoms with Crippen LogP contribution in [0.15, 0.2) is 23.4 Å². The summed E-state index contributed by atoms with van der Waals surface area (Å²) in [5.74, 6) is -0.366. The topological polar surface area (TPSA) is 32.6 Å². The van der Waals surface area contributed by atoms with Gasteiger partial charge in [-0.15, -0.1) is 0 Å². The standard InChI is InChI=1S/C11H14FNO/c1-11(2,3)9-5-4-6-10(12)8(9)7-13-14/h4-7,14H,1-3H3/b13-7+. The van der Waals surface area contributed by atoms with E-state index in [2.05, 4.69) is 5.16 Å². The summed E-state index contributed by atoms with van der Waals surface area (Å²) < 4.78 is 13.4. The van der Waals surface area contributed by atoms with Crippen molar-refractivity contribution >= 4 is 6.21 Å². The third kappa shape index (κ3) is 2.10. The zero-order chi connectivity index (χ0) is 10.8. The van der Waals surface area contributed by atoms with E-state index in [-0.39, 0.29) is 11.2 Å². The molecule has 0 spiro atoms. The zero-order valence-electron chi connectivity index (χ0n) is 8.58. The number of halogens is 1. The summed E-state index contributed by atoms with van der Waals surface area (Å²) in [6, 6.07) is 4.84. The Bertz CT molecular complexity index is 353. The second-order valence-electron chi connectivity index (χ2n) is 4.20. The molecule has 0 unspecified atom stereocenters. The lowest BCUT2D eigenvalue weighted by Crippen LogP contribution is -2.15. The van der Waals surface area contributed by atoms with Crippen molar-refractivity contribution in [2.75, 3.05) is 0 Å². The molecule has 0 aromatic heterocycles. The Morgan fingerprint density at radius 3 is 2.50 bits per heavy atom. The number of nitrogens with zero attached hydrogens (tertiary/aromatic N) is 1. The molecule has 1 aromatic rings. The van der Waals surface area contributed by atoms with Gasteiger partial charge in [-0.2, -0.15) is 0 Å². The molecule has 0 heterocycles. The predicted octanol–water partition coefficient (Wildman–Crippen LogP) is 2.93. The number of rotatable bonds is 1. The van der Waals surface area contributed by atoms with Crippen molar-refractivity contribution in [3.05, 3.63) is 35.1 Å². The van der Waals surface area contributed by atoms with E-state index in [0.29, 0.717) is 5.56 Å². The maximum absolute atomic E-state index is 13.4. The smallest absolute Gasteiger partial charge is 0.132 e. The van der Waals surface area contributed by atoms with Crippen LogP contribution < -0.4 is 0 Å². The number of hydrogen-bond donors (Lipinski definition) is 1. The van der Waals surface area contributed by atoms with Gasteiger partial charge in [-0.1, -0.05) is 38.1 Å². The highest BCUT2D eigenvalue weighted by Gasteiger charge is 2.19. The molecule has 0 aliphatic rings. The van der Waals surface area contributed by atoms with Crippen LogP contribution in [-0.4, -0.2) is 11.4 Å². The first-order chi connectivity index (χ1) is 6.46. The van der Waals surface area contributed by atoms with Crippen LogP contribution in [0.4, 0.5) is 4.39 Å². The number of hydrogen-bond acceptors (Lipinski definition) is 2. The van der Waals surface area contributed by atoms with Gasteiger partial charge in [-0.25, -0.2) is 4.39 Å². The van der Waals surface area contributed by atoms with Crippen LogP contribution in [-0.2, 0) is 5.41 Å². The fourth-order valence-corrected chi connectivity index (χ4v) is 1.38. The van der Waals surface area contributed by atoms with Crippen LogP contribution in [0.3, 0.4) is 0 Å². The number of oxime groups is 1. The van der Waals surface area contributed by atoms with E-state index in [4.69, 9.17) is 5.21 Å². The lowest BCUT2D eigenvalue weighted by atomic mass is 9.84.